The van der Waals surface area contributed by atoms with Crippen LogP contribution in [0.4, 0.5) is 11.5 Å². The molecule has 1 aromatic heterocycles. The molecule has 22 heavy (non-hydrogen) atoms. The first kappa shape index (κ1) is 14.8. The Morgan fingerprint density at radius 2 is 2.00 bits per heavy atom. The second-order valence-corrected chi connectivity index (χ2v) is 6.19. The first-order chi connectivity index (χ1) is 10.6. The van der Waals surface area contributed by atoms with E-state index in [1.165, 1.54) is 17.7 Å². The van der Waals surface area contributed by atoms with Crippen molar-refractivity contribution in [1.29, 1.82) is 0 Å². The van der Waals surface area contributed by atoms with Crippen molar-refractivity contribution in [1.82, 2.24) is 0 Å². The average molecular weight is 300 g/mol. The summed E-state index contributed by atoms with van der Waals surface area (Å²) >= 11 is 0. The summed E-state index contributed by atoms with van der Waals surface area (Å²) in [6.45, 7) is 2.78. The molecule has 0 unspecified atom stereocenters. The Morgan fingerprint density at radius 3 is 2.73 bits per heavy atom. The van der Waals surface area contributed by atoms with Crippen molar-refractivity contribution in [2.45, 2.75) is 12.8 Å². The van der Waals surface area contributed by atoms with Crippen molar-refractivity contribution in [3.8, 4) is 0 Å². The number of anilines is 2. The van der Waals surface area contributed by atoms with Crippen molar-refractivity contribution in [3.63, 3.8) is 0 Å². The molecule has 0 bridgehead atoms. The van der Waals surface area contributed by atoms with Crippen molar-refractivity contribution in [2.75, 3.05) is 43.9 Å². The molecule has 3 rings (SSSR count). The molecule has 5 heteroatoms. The molecule has 3 N–H and O–H groups in total. The van der Waals surface area contributed by atoms with Gasteiger partial charge in [0.1, 0.15) is 5.52 Å². The number of benzene rings is 1. The van der Waals surface area contributed by atoms with Crippen LogP contribution in [0.3, 0.4) is 0 Å². The summed E-state index contributed by atoms with van der Waals surface area (Å²) in [5, 5.41) is 4.14. The van der Waals surface area contributed by atoms with Crippen LogP contribution in [0.25, 0.3) is 10.9 Å². The highest BCUT2D eigenvalue weighted by Gasteiger charge is 2.20. The first-order valence-corrected chi connectivity index (χ1v) is 7.89. The van der Waals surface area contributed by atoms with Crippen molar-refractivity contribution in [3.05, 3.63) is 30.3 Å². The predicted molar refractivity (Wildman–Crippen MR) is 88.3 cm³/mol. The highest BCUT2D eigenvalue weighted by atomic mass is 16.2. The molecule has 1 aliphatic rings. The molecular weight excluding hydrogens is 276 g/mol. The molecule has 0 saturated carbocycles. The fourth-order valence-electron chi connectivity index (χ4n) is 3.03. The second kappa shape index (κ2) is 6.32. The Morgan fingerprint density at radius 1 is 1.27 bits per heavy atom. The Labute approximate surface area is 130 Å². The topological polar surface area (TPSA) is 50.9 Å². The molecular formula is C17H24N4O+2. The number of aromatic nitrogens is 1. The van der Waals surface area contributed by atoms with Gasteiger partial charge in [-0.05, 0) is 12.1 Å². The third-order valence-corrected chi connectivity index (χ3v) is 4.24. The van der Waals surface area contributed by atoms with Crippen LogP contribution in [0.2, 0.25) is 0 Å². The van der Waals surface area contributed by atoms with Gasteiger partial charge >= 0.3 is 0 Å². The molecule has 5 nitrogen and oxygen atoms in total. The van der Waals surface area contributed by atoms with E-state index in [0.717, 1.165) is 35.5 Å². The molecule has 1 saturated heterocycles. The normalized spacial score (nSPS) is 15.2. The van der Waals surface area contributed by atoms with Crippen LogP contribution in [0.1, 0.15) is 12.8 Å². The lowest BCUT2D eigenvalue weighted by atomic mass is 10.1. The van der Waals surface area contributed by atoms with E-state index in [1.807, 2.05) is 49.3 Å². The highest BCUT2D eigenvalue weighted by molar-refractivity contribution is 6.01. The number of quaternary nitrogens is 1. The fraction of sp³-hybridized carbons (Fsp3) is 0.412. The number of nitrogens with zero attached hydrogens (tertiary/aromatic N) is 1. The monoisotopic (exact) mass is 300 g/mol. The molecule has 0 atom stereocenters. The molecule has 2 heterocycles. The maximum atomic E-state index is 12.3. The summed E-state index contributed by atoms with van der Waals surface area (Å²) in [4.78, 5) is 19.1. The molecule has 0 aliphatic carbocycles. The zero-order chi connectivity index (χ0) is 15.5. The molecule has 1 fully saturated rings. The molecule has 1 aliphatic heterocycles. The van der Waals surface area contributed by atoms with E-state index in [0.29, 0.717) is 6.54 Å². The van der Waals surface area contributed by atoms with Gasteiger partial charge in [-0.2, -0.15) is 0 Å². The lowest BCUT2D eigenvalue weighted by Gasteiger charge is -2.14. The van der Waals surface area contributed by atoms with Gasteiger partial charge in [0.15, 0.2) is 6.54 Å². The number of amides is 1. The van der Waals surface area contributed by atoms with Crippen molar-refractivity contribution in [2.24, 2.45) is 0 Å². The zero-order valence-electron chi connectivity index (χ0n) is 13.3. The summed E-state index contributed by atoms with van der Waals surface area (Å²) in [7, 11) is 3.97. The van der Waals surface area contributed by atoms with Gasteiger partial charge in [-0.1, -0.05) is 12.1 Å². The summed E-state index contributed by atoms with van der Waals surface area (Å²) in [6, 6.07) is 10.1. The minimum Gasteiger partial charge on any atom is -0.327 e. The molecule has 2 aromatic rings. The highest BCUT2D eigenvalue weighted by Crippen LogP contribution is 2.23. The summed E-state index contributed by atoms with van der Waals surface area (Å²) in [5.41, 5.74) is 1.90. The number of aromatic amines is 1. The van der Waals surface area contributed by atoms with Gasteiger partial charge in [-0.3, -0.25) is 9.69 Å². The summed E-state index contributed by atoms with van der Waals surface area (Å²) < 4.78 is 0. The molecule has 0 spiro atoms. The summed E-state index contributed by atoms with van der Waals surface area (Å²) in [6.07, 6.45) is 2.47. The van der Waals surface area contributed by atoms with E-state index in [-0.39, 0.29) is 5.91 Å². The van der Waals surface area contributed by atoms with Gasteiger partial charge in [0.2, 0.25) is 0 Å². The summed E-state index contributed by atoms with van der Waals surface area (Å²) in [5.74, 6) is 1.07. The smallest absolute Gasteiger partial charge is 0.279 e. The molecule has 116 valence electrons. The first-order valence-electron chi connectivity index (χ1n) is 7.89. The third-order valence-electron chi connectivity index (χ3n) is 4.24. The van der Waals surface area contributed by atoms with E-state index in [9.17, 15) is 4.79 Å². The number of carbonyl (C=O) groups excluding carboxylic acids is 1. The van der Waals surface area contributed by atoms with Gasteiger partial charge in [0.25, 0.3) is 11.7 Å². The van der Waals surface area contributed by atoms with Gasteiger partial charge in [0, 0.05) is 18.2 Å². The van der Waals surface area contributed by atoms with Crippen molar-refractivity contribution < 1.29 is 14.7 Å². The van der Waals surface area contributed by atoms with E-state index >= 15 is 0 Å². The zero-order valence-corrected chi connectivity index (χ0v) is 13.3. The van der Waals surface area contributed by atoms with E-state index < -0.39 is 0 Å². The quantitative estimate of drug-likeness (QED) is 0.855. The lowest BCUT2D eigenvalue weighted by molar-refractivity contribution is -0.878. The van der Waals surface area contributed by atoms with E-state index in [2.05, 4.69) is 10.3 Å². The second-order valence-electron chi connectivity index (χ2n) is 6.19. The maximum absolute atomic E-state index is 12.3. The van der Waals surface area contributed by atoms with Gasteiger partial charge < -0.3 is 10.2 Å². The van der Waals surface area contributed by atoms with Crippen LogP contribution < -0.4 is 20.1 Å². The Hall–Kier alpha value is -2.14. The van der Waals surface area contributed by atoms with Gasteiger partial charge in [0.05, 0.1) is 38.9 Å². The number of H-pyrrole nitrogens is 1. The van der Waals surface area contributed by atoms with Gasteiger partial charge in [-0.15, -0.1) is 0 Å². The largest absolute Gasteiger partial charge is 0.327 e. The lowest BCUT2D eigenvalue weighted by Crippen LogP contribution is -3.11. The Bertz CT molecular complexity index is 677. The maximum Gasteiger partial charge on any atom is 0.279 e. The number of carbonyl (C=O) groups is 1. The minimum atomic E-state index is 0.0953. The Kier molecular flexibility index (Phi) is 4.24. The van der Waals surface area contributed by atoms with Crippen LogP contribution in [0.5, 0.6) is 0 Å². The molecule has 1 aromatic carbocycles. The predicted octanol–water partition coefficient (Wildman–Crippen LogP) is 0.337. The number of fused-ring (bicyclic) bond motifs is 1. The number of nitrogens with one attached hydrogen (secondary N) is 3. The number of pyridine rings is 1. The van der Waals surface area contributed by atoms with E-state index in [1.54, 1.807) is 0 Å². The molecule has 1 amide bonds. The number of likely N-dealkylation sites (tertiary alicyclic amines) is 1. The van der Waals surface area contributed by atoms with Crippen molar-refractivity contribution >= 4 is 28.3 Å². The third kappa shape index (κ3) is 3.20. The van der Waals surface area contributed by atoms with Crippen LogP contribution in [0.15, 0.2) is 30.3 Å². The van der Waals surface area contributed by atoms with Crippen LogP contribution in [0, 0.1) is 0 Å². The van der Waals surface area contributed by atoms with Crippen LogP contribution in [-0.2, 0) is 4.79 Å². The SMILES string of the molecule is CN(C)c1cc(NC(=O)C[NH+]2CCCC2)c2ccccc2[nH+]1. The number of hydrogen-bond acceptors (Lipinski definition) is 2. The van der Waals surface area contributed by atoms with Crippen LogP contribution in [-0.4, -0.2) is 39.6 Å². The standard InChI is InChI=1S/C17H22N4O/c1-20(2)16-11-15(13-7-3-4-8-14(13)18-16)19-17(22)12-21-9-5-6-10-21/h3-4,7-8,11H,5-6,9-10,12H2,1-2H3,(H,18,19,22)/p+2. The molecule has 0 radical (unpaired) electrons. The number of rotatable bonds is 4. The fourth-order valence-corrected chi connectivity index (χ4v) is 3.03. The average Bonchev–Trinajstić information content (AvgIpc) is 2.99. The number of hydrogen-bond donors (Lipinski definition) is 2. The number of para-hydroxylation sites is 1. The minimum absolute atomic E-state index is 0.0953. The Balaban J connectivity index is 1.86. The van der Waals surface area contributed by atoms with Crippen LogP contribution >= 0.6 is 0 Å². The van der Waals surface area contributed by atoms with E-state index in [4.69, 9.17) is 0 Å². The van der Waals surface area contributed by atoms with Gasteiger partial charge in [-0.25, -0.2) is 4.98 Å².